The van der Waals surface area contributed by atoms with Crippen LogP contribution in [0.4, 0.5) is 0 Å². The molecule has 2 N–H and O–H groups in total. The number of esters is 1. The molecule has 0 fully saturated rings. The lowest BCUT2D eigenvalue weighted by Gasteiger charge is -2.18. The van der Waals surface area contributed by atoms with Crippen LogP contribution < -0.4 is 0 Å². The number of carbonyl (C=O) groups is 3. The second kappa shape index (κ2) is 12.0. The standard InChI is InChI=1S/C22H30O6/c1-15(2)8-7-9-16(3)12-13-28-22(27)19(21(25)26)14-18(20(23)24)17-10-5-4-6-11-17/h4-6,8,10-11,16,18-19H,7,9,12-14H2,1-3H3,(H,23,24)(H,25,26). The third-order valence-corrected chi connectivity index (χ3v) is 4.62. The first kappa shape index (κ1) is 23.4. The van der Waals surface area contributed by atoms with Gasteiger partial charge in [-0.15, -0.1) is 0 Å². The Labute approximate surface area is 166 Å². The van der Waals surface area contributed by atoms with Gasteiger partial charge in [0, 0.05) is 0 Å². The molecule has 1 aromatic carbocycles. The van der Waals surface area contributed by atoms with E-state index in [2.05, 4.69) is 13.0 Å². The SMILES string of the molecule is CC(C)=CCCC(C)CCOC(=O)C(CC(C(=O)O)c1ccccc1)C(=O)O. The van der Waals surface area contributed by atoms with E-state index in [9.17, 15) is 24.6 Å². The van der Waals surface area contributed by atoms with E-state index in [0.29, 0.717) is 17.9 Å². The van der Waals surface area contributed by atoms with Gasteiger partial charge in [-0.05, 0) is 51.0 Å². The molecule has 0 saturated heterocycles. The van der Waals surface area contributed by atoms with Gasteiger partial charge in [0.2, 0.25) is 0 Å². The Hall–Kier alpha value is -2.63. The smallest absolute Gasteiger partial charge is 0.320 e. The summed E-state index contributed by atoms with van der Waals surface area (Å²) in [5.41, 5.74) is 1.72. The van der Waals surface area contributed by atoms with E-state index >= 15 is 0 Å². The molecule has 0 aliphatic heterocycles. The van der Waals surface area contributed by atoms with Crippen molar-refractivity contribution >= 4 is 17.9 Å². The van der Waals surface area contributed by atoms with Crippen molar-refractivity contribution in [2.24, 2.45) is 11.8 Å². The molecular weight excluding hydrogens is 360 g/mol. The van der Waals surface area contributed by atoms with Gasteiger partial charge < -0.3 is 14.9 Å². The summed E-state index contributed by atoms with van der Waals surface area (Å²) in [4.78, 5) is 35.4. The topological polar surface area (TPSA) is 101 Å². The number of carboxylic acids is 2. The van der Waals surface area contributed by atoms with Crippen LogP contribution in [0.3, 0.4) is 0 Å². The zero-order valence-electron chi connectivity index (χ0n) is 16.8. The molecule has 1 rings (SSSR count). The Bertz CT molecular complexity index is 676. The minimum absolute atomic E-state index is 0.127. The van der Waals surface area contributed by atoms with Gasteiger partial charge in [-0.3, -0.25) is 14.4 Å². The quantitative estimate of drug-likeness (QED) is 0.314. The van der Waals surface area contributed by atoms with Crippen molar-refractivity contribution in [3.05, 3.63) is 47.5 Å². The summed E-state index contributed by atoms with van der Waals surface area (Å²) >= 11 is 0. The van der Waals surface area contributed by atoms with Crippen molar-refractivity contribution in [3.63, 3.8) is 0 Å². The zero-order valence-corrected chi connectivity index (χ0v) is 16.8. The molecule has 0 aliphatic rings. The van der Waals surface area contributed by atoms with E-state index in [0.717, 1.165) is 12.8 Å². The second-order valence-electron chi connectivity index (χ2n) is 7.35. The molecular formula is C22H30O6. The van der Waals surface area contributed by atoms with E-state index in [4.69, 9.17) is 4.74 Å². The highest BCUT2D eigenvalue weighted by Crippen LogP contribution is 2.25. The minimum Gasteiger partial charge on any atom is -0.481 e. The van der Waals surface area contributed by atoms with E-state index in [-0.39, 0.29) is 13.0 Å². The molecule has 0 heterocycles. The Balaban J connectivity index is 2.62. The van der Waals surface area contributed by atoms with Crippen molar-refractivity contribution in [1.29, 1.82) is 0 Å². The van der Waals surface area contributed by atoms with Crippen molar-refractivity contribution in [2.45, 2.75) is 52.4 Å². The predicted octanol–water partition coefficient (Wildman–Crippen LogP) is 4.26. The number of hydrogen-bond donors (Lipinski definition) is 2. The average Bonchev–Trinajstić information content (AvgIpc) is 2.62. The largest absolute Gasteiger partial charge is 0.481 e. The van der Waals surface area contributed by atoms with Gasteiger partial charge in [-0.2, -0.15) is 0 Å². The second-order valence-corrected chi connectivity index (χ2v) is 7.35. The molecule has 0 spiro atoms. The molecule has 6 heteroatoms. The summed E-state index contributed by atoms with van der Waals surface area (Å²) in [6.07, 6.45) is 4.35. The van der Waals surface area contributed by atoms with Gasteiger partial charge >= 0.3 is 17.9 Å². The van der Waals surface area contributed by atoms with Gasteiger partial charge in [-0.1, -0.05) is 48.9 Å². The van der Waals surface area contributed by atoms with Crippen LogP contribution in [0.5, 0.6) is 0 Å². The van der Waals surface area contributed by atoms with Crippen LogP contribution >= 0.6 is 0 Å². The van der Waals surface area contributed by atoms with Crippen LogP contribution in [0, 0.1) is 11.8 Å². The molecule has 154 valence electrons. The number of benzene rings is 1. The van der Waals surface area contributed by atoms with Crippen LogP contribution in [0.2, 0.25) is 0 Å². The number of ether oxygens (including phenoxy) is 1. The predicted molar refractivity (Wildman–Crippen MR) is 106 cm³/mol. The first-order valence-corrected chi connectivity index (χ1v) is 9.53. The highest BCUT2D eigenvalue weighted by Gasteiger charge is 2.34. The van der Waals surface area contributed by atoms with Gasteiger partial charge in [0.1, 0.15) is 0 Å². The molecule has 3 unspecified atom stereocenters. The normalized spacial score (nSPS) is 13.8. The van der Waals surface area contributed by atoms with Crippen molar-refractivity contribution < 1.29 is 29.3 Å². The van der Waals surface area contributed by atoms with Crippen LogP contribution in [-0.2, 0) is 19.1 Å². The lowest BCUT2D eigenvalue weighted by molar-refractivity contribution is -0.159. The van der Waals surface area contributed by atoms with Crippen LogP contribution in [-0.4, -0.2) is 34.7 Å². The molecule has 0 radical (unpaired) electrons. The number of hydrogen-bond acceptors (Lipinski definition) is 4. The van der Waals surface area contributed by atoms with Crippen molar-refractivity contribution in [2.75, 3.05) is 6.61 Å². The van der Waals surface area contributed by atoms with Crippen molar-refractivity contribution in [1.82, 2.24) is 0 Å². The van der Waals surface area contributed by atoms with Crippen LogP contribution in [0.15, 0.2) is 42.0 Å². The Morgan fingerprint density at radius 3 is 2.21 bits per heavy atom. The molecule has 0 amide bonds. The summed E-state index contributed by atoms with van der Waals surface area (Å²) in [5.74, 6) is -5.68. The zero-order chi connectivity index (χ0) is 21.1. The van der Waals surface area contributed by atoms with E-state index < -0.39 is 29.7 Å². The highest BCUT2D eigenvalue weighted by molar-refractivity contribution is 5.94. The Kier molecular flexibility index (Phi) is 9.99. The fourth-order valence-corrected chi connectivity index (χ4v) is 2.86. The number of carboxylic acid groups (broad SMARTS) is 2. The highest BCUT2D eigenvalue weighted by atomic mass is 16.5. The minimum atomic E-state index is -1.51. The number of carbonyl (C=O) groups excluding carboxylic acids is 1. The Morgan fingerprint density at radius 2 is 1.68 bits per heavy atom. The maximum absolute atomic E-state index is 12.3. The third-order valence-electron chi connectivity index (χ3n) is 4.62. The van der Waals surface area contributed by atoms with Crippen LogP contribution in [0.25, 0.3) is 0 Å². The lowest BCUT2D eigenvalue weighted by atomic mass is 9.89. The first-order chi connectivity index (χ1) is 13.2. The summed E-state index contributed by atoms with van der Waals surface area (Å²) in [6, 6.07) is 8.31. The summed E-state index contributed by atoms with van der Waals surface area (Å²) < 4.78 is 5.15. The molecule has 0 aliphatic carbocycles. The summed E-state index contributed by atoms with van der Waals surface area (Å²) in [5, 5.41) is 18.9. The molecule has 6 nitrogen and oxygen atoms in total. The van der Waals surface area contributed by atoms with Crippen LogP contribution in [0.1, 0.15) is 57.9 Å². The van der Waals surface area contributed by atoms with Gasteiger partial charge in [0.15, 0.2) is 5.92 Å². The molecule has 1 aromatic rings. The fraction of sp³-hybridized carbons (Fsp3) is 0.500. The van der Waals surface area contributed by atoms with Gasteiger partial charge in [0.25, 0.3) is 0 Å². The maximum Gasteiger partial charge on any atom is 0.320 e. The van der Waals surface area contributed by atoms with Gasteiger partial charge in [-0.25, -0.2) is 0 Å². The number of allylic oxidation sites excluding steroid dienone is 2. The molecule has 3 atom stereocenters. The first-order valence-electron chi connectivity index (χ1n) is 9.53. The molecule has 0 aromatic heterocycles. The average molecular weight is 390 g/mol. The Morgan fingerprint density at radius 1 is 1.04 bits per heavy atom. The van der Waals surface area contributed by atoms with Crippen molar-refractivity contribution in [3.8, 4) is 0 Å². The van der Waals surface area contributed by atoms with E-state index in [1.807, 2.05) is 13.8 Å². The summed E-state index contributed by atoms with van der Waals surface area (Å²) in [7, 11) is 0. The van der Waals surface area contributed by atoms with E-state index in [1.54, 1.807) is 30.3 Å². The third kappa shape index (κ3) is 8.37. The molecule has 0 saturated carbocycles. The maximum atomic E-state index is 12.3. The summed E-state index contributed by atoms with van der Waals surface area (Å²) in [6.45, 7) is 6.26. The van der Waals surface area contributed by atoms with E-state index in [1.165, 1.54) is 5.57 Å². The number of rotatable bonds is 12. The van der Waals surface area contributed by atoms with Gasteiger partial charge in [0.05, 0.1) is 12.5 Å². The monoisotopic (exact) mass is 390 g/mol. The lowest BCUT2D eigenvalue weighted by Crippen LogP contribution is -2.30. The molecule has 28 heavy (non-hydrogen) atoms. The fourth-order valence-electron chi connectivity index (χ4n) is 2.86. The molecule has 0 bridgehead atoms. The number of aliphatic carboxylic acids is 2.